The third-order valence-electron chi connectivity index (χ3n) is 3.88. The van der Waals surface area contributed by atoms with E-state index in [0.29, 0.717) is 24.5 Å². The third kappa shape index (κ3) is 8.24. The number of carbonyl (C=O) groups excluding carboxylic acids is 1. The van der Waals surface area contributed by atoms with Crippen LogP contribution in [0.5, 0.6) is 5.75 Å². The average molecular weight is 343 g/mol. The molecule has 2 N–H and O–H groups in total. The van der Waals surface area contributed by atoms with Crippen molar-refractivity contribution in [2.45, 2.75) is 40.0 Å². The van der Waals surface area contributed by atoms with Crippen LogP contribution in [0.25, 0.3) is 0 Å². The number of carbonyl (C=O) groups is 1. The number of hydrogen-bond acceptors (Lipinski definition) is 2. The molecule has 4 nitrogen and oxygen atoms in total. The molecule has 1 rings (SSSR count). The molecule has 0 bridgehead atoms. The van der Waals surface area contributed by atoms with Gasteiger partial charge in [0.15, 0.2) is 0 Å². The molecule has 0 radical (unpaired) electrons. The van der Waals surface area contributed by atoms with E-state index in [0.717, 1.165) is 38.9 Å². The Morgan fingerprint density at radius 2 is 1.83 bits per heavy atom. The summed E-state index contributed by atoms with van der Waals surface area (Å²) in [5.74, 6) is 0.643. The van der Waals surface area contributed by atoms with Gasteiger partial charge in [0.1, 0.15) is 5.75 Å². The molecule has 132 valence electrons. The summed E-state index contributed by atoms with van der Waals surface area (Å²) in [7, 11) is 0. The highest BCUT2D eigenvalue weighted by atomic mass is 35.5. The number of unbranched alkanes of at least 4 members (excludes halogenated alkanes) is 1. The zero-order chi connectivity index (χ0) is 16.2. The van der Waals surface area contributed by atoms with Gasteiger partial charge in [-0.25, -0.2) is 0 Å². The van der Waals surface area contributed by atoms with Crippen LogP contribution in [0.4, 0.5) is 0 Å². The standard InChI is InChI=1S/C18H30N2O2.ClH/c1-4-7-15-22-17-12-9-8-11-16(17)18(21)19-13-10-14-20(5-2)6-3;/h8-9,11-12H,4-7,10,13-15H2,1-3H3,(H,19,21);1H. The van der Waals surface area contributed by atoms with Crippen LogP contribution in [0.3, 0.4) is 0 Å². The van der Waals surface area contributed by atoms with E-state index in [1.807, 2.05) is 24.3 Å². The van der Waals surface area contributed by atoms with Gasteiger partial charge in [0.05, 0.1) is 31.8 Å². The number of hydrogen-bond donors (Lipinski definition) is 2. The number of rotatable bonds is 11. The lowest BCUT2D eigenvalue weighted by atomic mass is 10.2. The van der Waals surface area contributed by atoms with Crippen molar-refractivity contribution in [2.24, 2.45) is 0 Å². The first-order chi connectivity index (χ1) is 10.7. The average Bonchev–Trinajstić information content (AvgIpc) is 2.55. The Balaban J connectivity index is 0.00000484. The zero-order valence-corrected chi connectivity index (χ0v) is 15.4. The molecule has 1 aromatic carbocycles. The van der Waals surface area contributed by atoms with Gasteiger partial charge in [-0.1, -0.05) is 25.5 Å². The van der Waals surface area contributed by atoms with Gasteiger partial charge < -0.3 is 27.4 Å². The second kappa shape index (κ2) is 13.2. The normalized spacial score (nSPS) is 10.3. The van der Waals surface area contributed by atoms with Gasteiger partial charge in [-0.05, 0) is 32.4 Å². The quantitative estimate of drug-likeness (QED) is 0.502. The van der Waals surface area contributed by atoms with Crippen molar-refractivity contribution in [2.75, 3.05) is 32.8 Å². The molecule has 0 heterocycles. The van der Waals surface area contributed by atoms with E-state index in [-0.39, 0.29) is 18.3 Å². The topological polar surface area (TPSA) is 42.8 Å². The lowest BCUT2D eigenvalue weighted by Crippen LogP contribution is -3.11. The minimum Gasteiger partial charge on any atom is -1.00 e. The van der Waals surface area contributed by atoms with Crippen molar-refractivity contribution in [1.82, 2.24) is 5.32 Å². The summed E-state index contributed by atoms with van der Waals surface area (Å²) < 4.78 is 5.71. The Morgan fingerprint density at radius 1 is 1.13 bits per heavy atom. The maximum Gasteiger partial charge on any atom is 0.255 e. The summed E-state index contributed by atoms with van der Waals surface area (Å²) in [6, 6.07) is 7.47. The predicted octanol–water partition coefficient (Wildman–Crippen LogP) is -1.09. The van der Waals surface area contributed by atoms with E-state index in [4.69, 9.17) is 4.74 Å². The monoisotopic (exact) mass is 342 g/mol. The van der Waals surface area contributed by atoms with Crippen molar-refractivity contribution in [3.63, 3.8) is 0 Å². The molecule has 0 aromatic heterocycles. The Kier molecular flexibility index (Phi) is 12.5. The lowest BCUT2D eigenvalue weighted by Gasteiger charge is -2.15. The summed E-state index contributed by atoms with van der Waals surface area (Å²) in [4.78, 5) is 13.9. The van der Waals surface area contributed by atoms with Gasteiger partial charge in [-0.2, -0.15) is 0 Å². The number of para-hydroxylation sites is 1. The Labute approximate surface area is 147 Å². The van der Waals surface area contributed by atoms with Crippen LogP contribution in [0.2, 0.25) is 0 Å². The highest BCUT2D eigenvalue weighted by molar-refractivity contribution is 5.96. The van der Waals surface area contributed by atoms with Crippen LogP contribution in [-0.2, 0) is 0 Å². The largest absolute Gasteiger partial charge is 1.00 e. The molecule has 1 aromatic rings. The molecule has 23 heavy (non-hydrogen) atoms. The second-order valence-electron chi connectivity index (χ2n) is 5.51. The summed E-state index contributed by atoms with van der Waals surface area (Å²) in [5, 5.41) is 3.00. The molecule has 0 aliphatic heterocycles. The molecule has 0 aliphatic carbocycles. The summed E-state index contributed by atoms with van der Waals surface area (Å²) in [6.07, 6.45) is 3.09. The molecule has 5 heteroatoms. The highest BCUT2D eigenvalue weighted by Crippen LogP contribution is 2.18. The first-order valence-corrected chi connectivity index (χ1v) is 8.56. The maximum atomic E-state index is 12.3. The highest BCUT2D eigenvalue weighted by Gasteiger charge is 2.11. The van der Waals surface area contributed by atoms with Gasteiger partial charge >= 0.3 is 0 Å². The number of amides is 1. The lowest BCUT2D eigenvalue weighted by molar-refractivity contribution is -0.896. The Morgan fingerprint density at radius 3 is 2.48 bits per heavy atom. The molecule has 0 saturated carbocycles. The van der Waals surface area contributed by atoms with Gasteiger partial charge in [-0.3, -0.25) is 4.79 Å². The van der Waals surface area contributed by atoms with Gasteiger partial charge in [0, 0.05) is 13.0 Å². The number of benzene rings is 1. The first kappa shape index (κ1) is 21.7. The Bertz CT molecular complexity index is 437. The fraction of sp³-hybridized carbons (Fsp3) is 0.611. The smallest absolute Gasteiger partial charge is 0.255 e. The van der Waals surface area contributed by atoms with E-state index < -0.39 is 0 Å². The van der Waals surface area contributed by atoms with E-state index >= 15 is 0 Å². The fourth-order valence-corrected chi connectivity index (χ4v) is 2.35. The minimum absolute atomic E-state index is 0. The third-order valence-corrected chi connectivity index (χ3v) is 3.88. The summed E-state index contributed by atoms with van der Waals surface area (Å²) >= 11 is 0. The first-order valence-electron chi connectivity index (χ1n) is 8.56. The summed E-state index contributed by atoms with van der Waals surface area (Å²) in [5.41, 5.74) is 0.633. The van der Waals surface area contributed by atoms with Crippen LogP contribution in [0.15, 0.2) is 24.3 Å². The predicted molar refractivity (Wildman–Crippen MR) is 90.7 cm³/mol. The minimum atomic E-state index is -0.0401. The number of nitrogens with one attached hydrogen (secondary N) is 2. The zero-order valence-electron chi connectivity index (χ0n) is 14.7. The van der Waals surface area contributed by atoms with Crippen molar-refractivity contribution >= 4 is 5.91 Å². The van der Waals surface area contributed by atoms with Crippen LogP contribution in [0.1, 0.15) is 50.4 Å². The van der Waals surface area contributed by atoms with Gasteiger partial charge in [0.2, 0.25) is 0 Å². The second-order valence-corrected chi connectivity index (χ2v) is 5.51. The van der Waals surface area contributed by atoms with Crippen molar-refractivity contribution in [1.29, 1.82) is 0 Å². The maximum absolute atomic E-state index is 12.3. The molecule has 0 fully saturated rings. The number of ether oxygens (including phenoxy) is 1. The van der Waals surface area contributed by atoms with Crippen LogP contribution >= 0.6 is 0 Å². The summed E-state index contributed by atoms with van der Waals surface area (Å²) in [6.45, 7) is 11.3. The van der Waals surface area contributed by atoms with E-state index in [1.54, 1.807) is 4.90 Å². The molecule has 0 unspecified atom stereocenters. The van der Waals surface area contributed by atoms with Crippen molar-refractivity contribution < 1.29 is 26.8 Å². The SMILES string of the molecule is CCCCOc1ccccc1C(=O)NCCC[NH+](CC)CC.[Cl-]. The van der Waals surface area contributed by atoms with Gasteiger partial charge in [-0.15, -0.1) is 0 Å². The molecule has 0 aliphatic rings. The molecule has 0 spiro atoms. The van der Waals surface area contributed by atoms with E-state index in [2.05, 4.69) is 26.1 Å². The number of quaternary nitrogens is 1. The van der Waals surface area contributed by atoms with E-state index in [9.17, 15) is 4.79 Å². The fourth-order valence-electron chi connectivity index (χ4n) is 2.35. The van der Waals surface area contributed by atoms with Crippen molar-refractivity contribution in [3.05, 3.63) is 29.8 Å². The molecular formula is C18H31ClN2O2. The van der Waals surface area contributed by atoms with Crippen molar-refractivity contribution in [3.8, 4) is 5.75 Å². The Hall–Kier alpha value is -1.26. The van der Waals surface area contributed by atoms with Crippen LogP contribution < -0.4 is 27.4 Å². The van der Waals surface area contributed by atoms with E-state index in [1.165, 1.54) is 0 Å². The molecule has 0 atom stereocenters. The molecule has 1 amide bonds. The van der Waals surface area contributed by atoms with Gasteiger partial charge in [0.25, 0.3) is 5.91 Å². The van der Waals surface area contributed by atoms with Crippen LogP contribution in [-0.4, -0.2) is 38.7 Å². The molecular weight excluding hydrogens is 312 g/mol. The van der Waals surface area contributed by atoms with Crippen LogP contribution in [0, 0.1) is 0 Å². The number of halogens is 1. The molecule has 0 saturated heterocycles.